The van der Waals surface area contributed by atoms with E-state index in [1.807, 2.05) is 62.4 Å². The fourth-order valence-electron chi connectivity index (χ4n) is 3.37. The van der Waals surface area contributed by atoms with Crippen LogP contribution < -0.4 is 10.1 Å². The summed E-state index contributed by atoms with van der Waals surface area (Å²) in [6.07, 6.45) is -0.693. The number of nitrogens with one attached hydrogen (secondary N) is 1. The van der Waals surface area contributed by atoms with E-state index in [0.29, 0.717) is 23.1 Å². The molecule has 0 saturated carbocycles. The summed E-state index contributed by atoms with van der Waals surface area (Å²) in [6, 6.07) is 15.2. The zero-order valence-electron chi connectivity index (χ0n) is 16.6. The molecule has 2 unspecified atom stereocenters. The van der Waals surface area contributed by atoms with E-state index in [1.165, 1.54) is 0 Å². The molecule has 29 heavy (non-hydrogen) atoms. The van der Waals surface area contributed by atoms with E-state index in [-0.39, 0.29) is 5.91 Å². The molecule has 2 heterocycles. The van der Waals surface area contributed by atoms with Crippen LogP contribution in [0, 0.1) is 13.8 Å². The summed E-state index contributed by atoms with van der Waals surface area (Å²) < 4.78 is 19.6. The maximum atomic E-state index is 12.9. The molecule has 7 heteroatoms. The van der Waals surface area contributed by atoms with Crippen LogP contribution in [-0.2, 0) is 27.1 Å². The standard InChI is InChI=1S/C22H23N3O3S/c1-14-8-7-11-20(15(14)2)25-21(18-12-29(27)13-19(18)24-25)23-22(26)16(3)28-17-9-5-4-6-10-17/h4-11,16H,12-13H2,1-3H3,(H,23,26). The molecule has 6 nitrogen and oxygen atoms in total. The lowest BCUT2D eigenvalue weighted by molar-refractivity contribution is -0.122. The normalized spacial score (nSPS) is 16.3. The third-order valence-electron chi connectivity index (χ3n) is 5.14. The number of para-hydroxylation sites is 1. The van der Waals surface area contributed by atoms with Gasteiger partial charge in [-0.15, -0.1) is 0 Å². The van der Waals surface area contributed by atoms with E-state index in [1.54, 1.807) is 11.6 Å². The second kappa shape index (κ2) is 7.83. The fourth-order valence-corrected chi connectivity index (χ4v) is 4.63. The molecule has 1 aliphatic rings. The van der Waals surface area contributed by atoms with Crippen LogP contribution in [0.2, 0.25) is 0 Å². The Morgan fingerprint density at radius 1 is 1.14 bits per heavy atom. The van der Waals surface area contributed by atoms with E-state index in [2.05, 4.69) is 10.4 Å². The van der Waals surface area contributed by atoms with Crippen LogP contribution in [0.15, 0.2) is 48.5 Å². The van der Waals surface area contributed by atoms with Gasteiger partial charge in [-0.1, -0.05) is 30.3 Å². The van der Waals surface area contributed by atoms with Gasteiger partial charge in [0.1, 0.15) is 11.6 Å². The van der Waals surface area contributed by atoms with Crippen molar-refractivity contribution in [3.05, 3.63) is 70.9 Å². The van der Waals surface area contributed by atoms with Crippen LogP contribution in [0.3, 0.4) is 0 Å². The Balaban J connectivity index is 1.66. The number of benzene rings is 2. The van der Waals surface area contributed by atoms with Crippen molar-refractivity contribution in [2.45, 2.75) is 38.4 Å². The highest BCUT2D eigenvalue weighted by Crippen LogP contribution is 2.32. The second-order valence-electron chi connectivity index (χ2n) is 7.20. The summed E-state index contributed by atoms with van der Waals surface area (Å²) in [4.78, 5) is 12.9. The van der Waals surface area contributed by atoms with Gasteiger partial charge >= 0.3 is 0 Å². The van der Waals surface area contributed by atoms with Gasteiger partial charge in [0.25, 0.3) is 5.91 Å². The van der Waals surface area contributed by atoms with E-state index >= 15 is 0 Å². The molecule has 1 amide bonds. The molecule has 2 aromatic carbocycles. The number of aryl methyl sites for hydroxylation is 1. The summed E-state index contributed by atoms with van der Waals surface area (Å²) in [5.41, 5.74) is 4.73. The number of amides is 1. The molecule has 3 aromatic rings. The van der Waals surface area contributed by atoms with Gasteiger partial charge in [0.2, 0.25) is 0 Å². The predicted molar refractivity (Wildman–Crippen MR) is 114 cm³/mol. The van der Waals surface area contributed by atoms with Crippen molar-refractivity contribution in [3.8, 4) is 11.4 Å². The Morgan fingerprint density at radius 3 is 2.66 bits per heavy atom. The Labute approximate surface area is 172 Å². The zero-order chi connectivity index (χ0) is 20.5. The van der Waals surface area contributed by atoms with Crippen LogP contribution in [0.25, 0.3) is 5.69 Å². The molecule has 1 aliphatic heterocycles. The second-order valence-corrected chi connectivity index (χ2v) is 8.65. The molecular weight excluding hydrogens is 386 g/mol. The lowest BCUT2D eigenvalue weighted by Gasteiger charge is -2.17. The van der Waals surface area contributed by atoms with Crippen LogP contribution in [-0.4, -0.2) is 26.0 Å². The molecule has 0 spiro atoms. The van der Waals surface area contributed by atoms with Gasteiger partial charge in [0, 0.05) is 16.4 Å². The van der Waals surface area contributed by atoms with Crippen molar-refractivity contribution >= 4 is 22.5 Å². The molecule has 1 N–H and O–H groups in total. The van der Waals surface area contributed by atoms with Crippen LogP contribution in [0.4, 0.5) is 5.82 Å². The zero-order valence-corrected chi connectivity index (χ0v) is 17.5. The molecule has 4 rings (SSSR count). The van der Waals surface area contributed by atoms with Gasteiger partial charge in [-0.2, -0.15) is 5.10 Å². The summed E-state index contributed by atoms with van der Waals surface area (Å²) in [6.45, 7) is 5.78. The number of ether oxygens (including phenoxy) is 1. The first-order chi connectivity index (χ1) is 13.9. The monoisotopic (exact) mass is 409 g/mol. The fraction of sp³-hybridized carbons (Fsp3) is 0.273. The molecule has 150 valence electrons. The Bertz CT molecular complexity index is 1090. The van der Waals surface area contributed by atoms with Crippen molar-refractivity contribution < 1.29 is 13.7 Å². The number of carbonyl (C=O) groups is 1. The van der Waals surface area contributed by atoms with Crippen LogP contribution in [0.1, 0.15) is 29.3 Å². The molecule has 0 saturated heterocycles. The van der Waals surface area contributed by atoms with Gasteiger partial charge in [0.15, 0.2) is 6.10 Å². The highest BCUT2D eigenvalue weighted by atomic mass is 32.2. The average molecular weight is 410 g/mol. The van der Waals surface area contributed by atoms with Crippen LogP contribution >= 0.6 is 0 Å². The van der Waals surface area contributed by atoms with Gasteiger partial charge in [-0.05, 0) is 50.1 Å². The van der Waals surface area contributed by atoms with Crippen molar-refractivity contribution in [1.82, 2.24) is 9.78 Å². The number of nitrogens with zero attached hydrogens (tertiary/aromatic N) is 2. The molecule has 0 radical (unpaired) electrons. The van der Waals surface area contributed by atoms with E-state index in [9.17, 15) is 9.00 Å². The summed E-state index contributed by atoms with van der Waals surface area (Å²) in [7, 11) is -0.988. The first-order valence-corrected chi connectivity index (χ1v) is 11.0. The van der Waals surface area contributed by atoms with E-state index in [0.717, 1.165) is 28.1 Å². The maximum Gasteiger partial charge on any atom is 0.266 e. The van der Waals surface area contributed by atoms with Gasteiger partial charge in [-0.3, -0.25) is 9.00 Å². The van der Waals surface area contributed by atoms with Gasteiger partial charge in [-0.25, -0.2) is 4.68 Å². The number of anilines is 1. The molecule has 0 fully saturated rings. The molecule has 1 aromatic heterocycles. The number of fused-ring (bicyclic) bond motifs is 1. The number of aromatic nitrogens is 2. The molecule has 0 aliphatic carbocycles. The quantitative estimate of drug-likeness (QED) is 0.698. The van der Waals surface area contributed by atoms with Crippen molar-refractivity contribution in [1.29, 1.82) is 0 Å². The summed E-state index contributed by atoms with van der Waals surface area (Å²) in [5, 5.41) is 7.66. The Kier molecular flexibility index (Phi) is 5.24. The minimum atomic E-state index is -0.988. The highest BCUT2D eigenvalue weighted by molar-refractivity contribution is 7.83. The maximum absolute atomic E-state index is 12.9. The first kappa shape index (κ1) is 19.4. The van der Waals surface area contributed by atoms with Gasteiger partial charge < -0.3 is 10.1 Å². The minimum absolute atomic E-state index is 0.277. The predicted octanol–water partition coefficient (Wildman–Crippen LogP) is 3.66. The molecule has 2 atom stereocenters. The average Bonchev–Trinajstić information content (AvgIpc) is 3.21. The number of hydrogen-bond donors (Lipinski definition) is 1. The molecule has 0 bridgehead atoms. The third-order valence-corrected chi connectivity index (χ3v) is 6.35. The summed E-state index contributed by atoms with van der Waals surface area (Å²) >= 11 is 0. The number of rotatable bonds is 5. The Morgan fingerprint density at radius 2 is 1.90 bits per heavy atom. The van der Waals surface area contributed by atoms with E-state index in [4.69, 9.17) is 4.74 Å². The van der Waals surface area contributed by atoms with Crippen LogP contribution in [0.5, 0.6) is 5.75 Å². The minimum Gasteiger partial charge on any atom is -0.481 e. The number of carbonyl (C=O) groups excluding carboxylic acids is 1. The lowest BCUT2D eigenvalue weighted by atomic mass is 10.1. The SMILES string of the molecule is Cc1cccc(-n2nc3c(c2NC(=O)C(C)Oc2ccccc2)CS(=O)C3)c1C. The largest absolute Gasteiger partial charge is 0.481 e. The Hall–Kier alpha value is -2.93. The van der Waals surface area contributed by atoms with Gasteiger partial charge in [0.05, 0.1) is 22.9 Å². The number of hydrogen-bond acceptors (Lipinski definition) is 4. The van der Waals surface area contributed by atoms with Crippen molar-refractivity contribution in [2.75, 3.05) is 5.32 Å². The lowest BCUT2D eigenvalue weighted by Crippen LogP contribution is -2.31. The van der Waals surface area contributed by atoms with E-state index < -0.39 is 16.9 Å². The molecular formula is C22H23N3O3S. The smallest absolute Gasteiger partial charge is 0.266 e. The highest BCUT2D eigenvalue weighted by Gasteiger charge is 2.30. The topological polar surface area (TPSA) is 73.2 Å². The van der Waals surface area contributed by atoms with Crippen molar-refractivity contribution in [3.63, 3.8) is 0 Å². The third kappa shape index (κ3) is 3.82. The summed E-state index contributed by atoms with van der Waals surface area (Å²) in [5.74, 6) is 1.73. The first-order valence-electron chi connectivity index (χ1n) is 9.49. The van der Waals surface area contributed by atoms with Crippen molar-refractivity contribution in [2.24, 2.45) is 0 Å².